The van der Waals surface area contributed by atoms with E-state index in [2.05, 4.69) is 12.2 Å². The number of nitrogens with one attached hydrogen (secondary N) is 1. The van der Waals surface area contributed by atoms with Gasteiger partial charge in [0.15, 0.2) is 0 Å². The molecule has 2 rings (SSSR count). The largest absolute Gasteiger partial charge is 0.354 e. The van der Waals surface area contributed by atoms with Crippen LogP contribution in [-0.4, -0.2) is 30.4 Å². The molecule has 0 bridgehead atoms. The van der Waals surface area contributed by atoms with Gasteiger partial charge in [0.25, 0.3) is 0 Å². The molecule has 0 fully saturated rings. The zero-order valence-corrected chi connectivity index (χ0v) is 14.2. The van der Waals surface area contributed by atoms with Crippen molar-refractivity contribution in [2.75, 3.05) is 11.4 Å². The van der Waals surface area contributed by atoms with Crippen LogP contribution < -0.4 is 16.0 Å². The second-order valence-corrected chi connectivity index (χ2v) is 6.16. The Hall–Kier alpha value is -1.88. The van der Waals surface area contributed by atoms with Crippen LogP contribution in [0.1, 0.15) is 51.5 Å². The third kappa shape index (κ3) is 3.39. The quantitative estimate of drug-likeness (QED) is 0.790. The normalized spacial score (nSPS) is 21.0. The number of unbranched alkanes of at least 4 members (excludes halogenated alkanes) is 1. The molecule has 0 aliphatic carbocycles. The van der Waals surface area contributed by atoms with Gasteiger partial charge in [0, 0.05) is 18.2 Å². The number of hydrogen-bond acceptors (Lipinski definition) is 3. The van der Waals surface area contributed by atoms with Gasteiger partial charge in [-0.05, 0) is 24.5 Å². The zero-order chi connectivity index (χ0) is 17.0. The third-order valence-corrected chi connectivity index (χ3v) is 4.53. The summed E-state index contributed by atoms with van der Waals surface area (Å²) in [6.07, 6.45) is 2.50. The highest BCUT2D eigenvalue weighted by Gasteiger charge is 2.44. The standard InChI is InChI=1S/C18H27N3O2/c1-4-6-11-20-17(22)16-12(3)13-9-7-8-10-15(13)21(16)18(23)14(19)5-2/h7-10,12,14,16H,4-6,11,19H2,1-3H3,(H,20,22)/t12-,14+,16+/m1/s1. The number of carbonyl (C=O) groups is 2. The molecule has 0 saturated heterocycles. The van der Waals surface area contributed by atoms with E-state index < -0.39 is 12.1 Å². The first-order chi connectivity index (χ1) is 11.0. The van der Waals surface area contributed by atoms with E-state index in [1.807, 2.05) is 38.1 Å². The molecule has 5 heteroatoms. The maximum absolute atomic E-state index is 12.8. The van der Waals surface area contributed by atoms with Crippen LogP contribution in [0.5, 0.6) is 0 Å². The molecule has 0 radical (unpaired) electrons. The fraction of sp³-hybridized carbons (Fsp3) is 0.556. The fourth-order valence-corrected chi connectivity index (χ4v) is 3.08. The van der Waals surface area contributed by atoms with Crippen molar-refractivity contribution >= 4 is 17.5 Å². The van der Waals surface area contributed by atoms with E-state index in [-0.39, 0.29) is 17.7 Å². The van der Waals surface area contributed by atoms with Crippen molar-refractivity contribution in [3.05, 3.63) is 29.8 Å². The number of nitrogens with zero attached hydrogens (tertiary/aromatic N) is 1. The van der Waals surface area contributed by atoms with E-state index in [0.29, 0.717) is 13.0 Å². The van der Waals surface area contributed by atoms with Crippen molar-refractivity contribution in [2.24, 2.45) is 5.73 Å². The smallest absolute Gasteiger partial charge is 0.244 e. The third-order valence-electron chi connectivity index (χ3n) is 4.53. The highest BCUT2D eigenvalue weighted by molar-refractivity contribution is 6.06. The number of anilines is 1. The summed E-state index contributed by atoms with van der Waals surface area (Å²) < 4.78 is 0. The van der Waals surface area contributed by atoms with Crippen LogP contribution in [0.2, 0.25) is 0 Å². The average Bonchev–Trinajstić information content (AvgIpc) is 2.87. The minimum absolute atomic E-state index is 0.0409. The molecule has 0 aromatic heterocycles. The van der Waals surface area contributed by atoms with Gasteiger partial charge in [0.05, 0.1) is 6.04 Å². The molecule has 3 atom stereocenters. The zero-order valence-electron chi connectivity index (χ0n) is 14.2. The van der Waals surface area contributed by atoms with E-state index in [1.54, 1.807) is 4.90 Å². The summed E-state index contributed by atoms with van der Waals surface area (Å²) in [7, 11) is 0. The first kappa shape index (κ1) is 17.5. The monoisotopic (exact) mass is 317 g/mol. The van der Waals surface area contributed by atoms with Gasteiger partial charge in [-0.2, -0.15) is 0 Å². The number of para-hydroxylation sites is 1. The van der Waals surface area contributed by atoms with Gasteiger partial charge < -0.3 is 11.1 Å². The summed E-state index contributed by atoms with van der Waals surface area (Å²) in [5.74, 6) is -0.320. The Morgan fingerprint density at radius 3 is 2.65 bits per heavy atom. The molecule has 0 saturated carbocycles. The molecule has 5 nitrogen and oxygen atoms in total. The molecule has 1 aliphatic rings. The van der Waals surface area contributed by atoms with Gasteiger partial charge >= 0.3 is 0 Å². The SMILES string of the molecule is CCCCNC(=O)[C@@H]1[C@H](C)c2ccccc2N1C(=O)[C@@H](N)CC. The topological polar surface area (TPSA) is 75.4 Å². The lowest BCUT2D eigenvalue weighted by Crippen LogP contribution is -2.53. The van der Waals surface area contributed by atoms with Crippen LogP contribution in [0, 0.1) is 0 Å². The molecule has 1 heterocycles. The van der Waals surface area contributed by atoms with Crippen molar-refractivity contribution in [1.82, 2.24) is 5.32 Å². The molecular weight excluding hydrogens is 290 g/mol. The molecule has 1 aliphatic heterocycles. The van der Waals surface area contributed by atoms with E-state index >= 15 is 0 Å². The Morgan fingerprint density at radius 2 is 2.00 bits per heavy atom. The van der Waals surface area contributed by atoms with E-state index in [9.17, 15) is 9.59 Å². The van der Waals surface area contributed by atoms with Crippen LogP contribution in [0.3, 0.4) is 0 Å². The molecule has 1 aromatic rings. The van der Waals surface area contributed by atoms with E-state index in [0.717, 1.165) is 24.1 Å². The Balaban J connectivity index is 2.32. The predicted octanol–water partition coefficient (Wildman–Crippen LogP) is 2.16. The van der Waals surface area contributed by atoms with Crippen LogP contribution >= 0.6 is 0 Å². The summed E-state index contributed by atoms with van der Waals surface area (Å²) >= 11 is 0. The molecule has 0 spiro atoms. The molecule has 2 amide bonds. The maximum Gasteiger partial charge on any atom is 0.244 e. The highest BCUT2D eigenvalue weighted by Crippen LogP contribution is 2.41. The van der Waals surface area contributed by atoms with Crippen molar-refractivity contribution in [3.63, 3.8) is 0 Å². The number of carbonyl (C=O) groups excluding carboxylic acids is 2. The van der Waals surface area contributed by atoms with Crippen molar-refractivity contribution in [2.45, 2.75) is 58.0 Å². The van der Waals surface area contributed by atoms with Gasteiger partial charge in [0.2, 0.25) is 11.8 Å². The molecule has 0 unspecified atom stereocenters. The molecule has 3 N–H and O–H groups in total. The number of benzene rings is 1. The summed E-state index contributed by atoms with van der Waals surface area (Å²) in [6, 6.07) is 6.60. The first-order valence-electron chi connectivity index (χ1n) is 8.48. The second kappa shape index (κ2) is 7.59. The van der Waals surface area contributed by atoms with Crippen LogP contribution in [0.4, 0.5) is 5.69 Å². The van der Waals surface area contributed by atoms with Crippen LogP contribution in [0.15, 0.2) is 24.3 Å². The van der Waals surface area contributed by atoms with Crippen molar-refractivity contribution in [1.29, 1.82) is 0 Å². The van der Waals surface area contributed by atoms with Crippen LogP contribution in [-0.2, 0) is 9.59 Å². The number of nitrogens with two attached hydrogens (primary N) is 1. The van der Waals surface area contributed by atoms with Gasteiger partial charge in [0.1, 0.15) is 6.04 Å². The van der Waals surface area contributed by atoms with E-state index in [1.165, 1.54) is 0 Å². The van der Waals surface area contributed by atoms with Crippen LogP contribution in [0.25, 0.3) is 0 Å². The van der Waals surface area contributed by atoms with Gasteiger partial charge in [-0.3, -0.25) is 14.5 Å². The lowest BCUT2D eigenvalue weighted by Gasteiger charge is -2.28. The Kier molecular flexibility index (Phi) is 5.77. The van der Waals surface area contributed by atoms with Gasteiger partial charge in [-0.25, -0.2) is 0 Å². The molecule has 126 valence electrons. The maximum atomic E-state index is 12.8. The fourth-order valence-electron chi connectivity index (χ4n) is 3.08. The lowest BCUT2D eigenvalue weighted by molar-refractivity contribution is -0.127. The Morgan fingerprint density at radius 1 is 1.30 bits per heavy atom. The van der Waals surface area contributed by atoms with Gasteiger partial charge in [-0.15, -0.1) is 0 Å². The summed E-state index contributed by atoms with van der Waals surface area (Å²) in [5, 5.41) is 2.96. The Bertz CT molecular complexity index is 573. The van der Waals surface area contributed by atoms with E-state index in [4.69, 9.17) is 5.73 Å². The first-order valence-corrected chi connectivity index (χ1v) is 8.48. The predicted molar refractivity (Wildman–Crippen MR) is 92.3 cm³/mol. The van der Waals surface area contributed by atoms with Crippen molar-refractivity contribution < 1.29 is 9.59 Å². The number of hydrogen-bond donors (Lipinski definition) is 2. The van der Waals surface area contributed by atoms with Crippen molar-refractivity contribution in [3.8, 4) is 0 Å². The number of amides is 2. The molecule has 1 aromatic carbocycles. The Labute approximate surface area is 138 Å². The number of rotatable bonds is 6. The van der Waals surface area contributed by atoms with Gasteiger partial charge in [-0.1, -0.05) is 45.4 Å². The molecule has 23 heavy (non-hydrogen) atoms. The minimum atomic E-state index is -0.584. The minimum Gasteiger partial charge on any atom is -0.354 e. The summed E-state index contributed by atoms with van der Waals surface area (Å²) in [4.78, 5) is 27.0. The molecular formula is C18H27N3O2. The lowest BCUT2D eigenvalue weighted by atomic mass is 9.96. The average molecular weight is 317 g/mol. The summed E-state index contributed by atoms with van der Waals surface area (Å²) in [6.45, 7) is 6.59. The highest BCUT2D eigenvalue weighted by atomic mass is 16.2. The summed E-state index contributed by atoms with van der Waals surface area (Å²) in [5.41, 5.74) is 7.80. The second-order valence-electron chi connectivity index (χ2n) is 6.16. The number of fused-ring (bicyclic) bond motifs is 1.